The van der Waals surface area contributed by atoms with Gasteiger partial charge in [0.1, 0.15) is 10.7 Å². The maximum Gasteiger partial charge on any atom is 0.243 e. The van der Waals surface area contributed by atoms with Gasteiger partial charge < -0.3 is 5.73 Å². The van der Waals surface area contributed by atoms with E-state index in [0.717, 1.165) is 25.3 Å². The number of aryl methyl sites for hydroxylation is 1. The van der Waals surface area contributed by atoms with Gasteiger partial charge >= 0.3 is 0 Å². The first-order valence-corrected chi connectivity index (χ1v) is 8.20. The Bertz CT molecular complexity index is 626. The van der Waals surface area contributed by atoms with Crippen LogP contribution in [-0.4, -0.2) is 14.5 Å². The largest absolute Gasteiger partial charge is 0.398 e. The van der Waals surface area contributed by atoms with E-state index in [1.807, 2.05) is 13.8 Å². The number of sulfonamides is 1. The van der Waals surface area contributed by atoms with E-state index in [-0.39, 0.29) is 22.0 Å². The maximum absolute atomic E-state index is 13.9. The highest BCUT2D eigenvalue weighted by Gasteiger charge is 2.37. The molecule has 0 radical (unpaired) electrons. The zero-order valence-corrected chi connectivity index (χ0v) is 12.8. The van der Waals surface area contributed by atoms with Crippen molar-refractivity contribution in [1.82, 2.24) is 4.72 Å². The molecular weight excluding hydrogens is 279 g/mol. The van der Waals surface area contributed by atoms with Crippen molar-refractivity contribution in [3.8, 4) is 0 Å². The molecule has 3 N–H and O–H groups in total. The van der Waals surface area contributed by atoms with E-state index < -0.39 is 15.8 Å². The van der Waals surface area contributed by atoms with E-state index in [1.165, 1.54) is 6.07 Å². The predicted octanol–water partition coefficient (Wildman–Crippen LogP) is 2.57. The first kappa shape index (κ1) is 15.3. The molecule has 0 spiro atoms. The molecule has 1 fully saturated rings. The molecule has 0 saturated heterocycles. The van der Waals surface area contributed by atoms with Crippen LogP contribution >= 0.6 is 0 Å². The number of hydrogen-bond acceptors (Lipinski definition) is 3. The highest BCUT2D eigenvalue weighted by Crippen LogP contribution is 2.38. The third-order valence-electron chi connectivity index (χ3n) is 4.16. The molecule has 1 aliphatic carbocycles. The molecule has 0 heterocycles. The number of rotatable bonds is 3. The second-order valence-corrected chi connectivity index (χ2v) is 7.88. The first-order valence-electron chi connectivity index (χ1n) is 6.71. The lowest BCUT2D eigenvalue weighted by molar-refractivity contribution is 0.312. The van der Waals surface area contributed by atoms with Crippen LogP contribution in [0, 0.1) is 18.2 Å². The lowest BCUT2D eigenvalue weighted by Gasteiger charge is -2.27. The normalized spacial score (nSPS) is 22.1. The second-order valence-electron chi connectivity index (χ2n) is 6.19. The summed E-state index contributed by atoms with van der Waals surface area (Å²) in [6.07, 6.45) is 2.70. The van der Waals surface area contributed by atoms with E-state index in [2.05, 4.69) is 4.72 Å². The van der Waals surface area contributed by atoms with E-state index >= 15 is 0 Å². The van der Waals surface area contributed by atoms with Crippen molar-refractivity contribution >= 4 is 15.7 Å². The number of halogens is 1. The Morgan fingerprint density at radius 3 is 2.60 bits per heavy atom. The molecule has 0 aromatic heterocycles. The molecule has 1 aromatic rings. The average Bonchev–Trinajstić information content (AvgIpc) is 2.62. The highest BCUT2D eigenvalue weighted by molar-refractivity contribution is 7.89. The molecular formula is C14H21FN2O2S. The second kappa shape index (κ2) is 5.00. The van der Waals surface area contributed by atoms with Crippen LogP contribution in [0.15, 0.2) is 17.0 Å². The Morgan fingerprint density at radius 2 is 2.05 bits per heavy atom. The summed E-state index contributed by atoms with van der Waals surface area (Å²) in [6.45, 7) is 5.68. The van der Waals surface area contributed by atoms with E-state index in [1.54, 1.807) is 6.92 Å². The Hall–Kier alpha value is -1.14. The standard InChI is InChI=1S/C14H21FN2O2S/c1-9-7-10(15)12(8-11(9)16)20(18,19)17-13-5-4-6-14(13,2)3/h7-8,13,17H,4-6,16H2,1-3H3. The van der Waals surface area contributed by atoms with Crippen LogP contribution in [0.25, 0.3) is 0 Å². The molecule has 2 rings (SSSR count). The molecule has 0 amide bonds. The summed E-state index contributed by atoms with van der Waals surface area (Å²) in [7, 11) is -3.89. The predicted molar refractivity (Wildman–Crippen MR) is 77.3 cm³/mol. The number of nitrogen functional groups attached to an aromatic ring is 1. The monoisotopic (exact) mass is 300 g/mol. The lowest BCUT2D eigenvalue weighted by atomic mass is 9.88. The van der Waals surface area contributed by atoms with Gasteiger partial charge in [-0.25, -0.2) is 17.5 Å². The third kappa shape index (κ3) is 2.81. The number of benzene rings is 1. The maximum atomic E-state index is 13.9. The fourth-order valence-electron chi connectivity index (χ4n) is 2.67. The van der Waals surface area contributed by atoms with Crippen molar-refractivity contribution in [2.45, 2.75) is 51.0 Å². The molecule has 1 aromatic carbocycles. The van der Waals surface area contributed by atoms with Gasteiger partial charge in [0.15, 0.2) is 0 Å². The molecule has 1 saturated carbocycles. The van der Waals surface area contributed by atoms with Crippen LogP contribution in [-0.2, 0) is 10.0 Å². The zero-order valence-electron chi connectivity index (χ0n) is 12.0. The minimum atomic E-state index is -3.89. The van der Waals surface area contributed by atoms with Gasteiger partial charge in [-0.2, -0.15) is 0 Å². The Kier molecular flexibility index (Phi) is 3.81. The molecule has 0 bridgehead atoms. The summed E-state index contributed by atoms with van der Waals surface area (Å²) in [6, 6.07) is 2.17. The average molecular weight is 300 g/mol. The summed E-state index contributed by atoms with van der Waals surface area (Å²) >= 11 is 0. The molecule has 0 aliphatic heterocycles. The van der Waals surface area contributed by atoms with Crippen molar-refractivity contribution in [1.29, 1.82) is 0 Å². The Morgan fingerprint density at radius 1 is 1.40 bits per heavy atom. The van der Waals surface area contributed by atoms with Crippen molar-refractivity contribution in [3.05, 3.63) is 23.5 Å². The molecule has 4 nitrogen and oxygen atoms in total. The molecule has 20 heavy (non-hydrogen) atoms. The summed E-state index contributed by atoms with van der Waals surface area (Å²) in [5.41, 5.74) is 6.38. The third-order valence-corrected chi connectivity index (χ3v) is 5.65. The van der Waals surface area contributed by atoms with Crippen LogP contribution in [0.5, 0.6) is 0 Å². The van der Waals surface area contributed by atoms with Gasteiger partial charge in [-0.15, -0.1) is 0 Å². The summed E-state index contributed by atoms with van der Waals surface area (Å²) in [5.74, 6) is -0.764. The minimum absolute atomic E-state index is 0.111. The van der Waals surface area contributed by atoms with Gasteiger partial charge in [0.05, 0.1) is 0 Å². The summed E-state index contributed by atoms with van der Waals surface area (Å²) in [5, 5.41) is 0. The molecule has 1 unspecified atom stereocenters. The van der Waals surface area contributed by atoms with Crippen LogP contribution in [0.2, 0.25) is 0 Å². The van der Waals surface area contributed by atoms with Gasteiger partial charge in [0.2, 0.25) is 10.0 Å². The zero-order chi connectivity index (χ0) is 15.1. The molecule has 6 heteroatoms. The fourth-order valence-corrected chi connectivity index (χ4v) is 4.21. The van der Waals surface area contributed by atoms with E-state index in [4.69, 9.17) is 5.73 Å². The summed E-state index contributed by atoms with van der Waals surface area (Å²) in [4.78, 5) is -0.372. The molecule has 1 atom stereocenters. The van der Waals surface area contributed by atoms with Gasteiger partial charge in [-0.05, 0) is 42.9 Å². The minimum Gasteiger partial charge on any atom is -0.398 e. The Labute approximate surface area is 119 Å². The van der Waals surface area contributed by atoms with Crippen LogP contribution in [0.3, 0.4) is 0 Å². The number of anilines is 1. The SMILES string of the molecule is Cc1cc(F)c(S(=O)(=O)NC2CCCC2(C)C)cc1N. The number of nitrogens with two attached hydrogens (primary N) is 1. The lowest BCUT2D eigenvalue weighted by Crippen LogP contribution is -2.41. The van der Waals surface area contributed by atoms with Crippen LogP contribution in [0.1, 0.15) is 38.7 Å². The first-order chi connectivity index (χ1) is 9.13. The van der Waals surface area contributed by atoms with Crippen molar-refractivity contribution in [2.75, 3.05) is 5.73 Å². The quantitative estimate of drug-likeness (QED) is 0.843. The topological polar surface area (TPSA) is 72.2 Å². The van der Waals surface area contributed by atoms with Gasteiger partial charge in [-0.1, -0.05) is 20.3 Å². The van der Waals surface area contributed by atoms with Crippen LogP contribution in [0.4, 0.5) is 10.1 Å². The van der Waals surface area contributed by atoms with Gasteiger partial charge in [0.25, 0.3) is 0 Å². The van der Waals surface area contributed by atoms with Gasteiger partial charge in [-0.3, -0.25) is 0 Å². The molecule has 1 aliphatic rings. The summed E-state index contributed by atoms with van der Waals surface area (Å²) < 4.78 is 41.3. The van der Waals surface area contributed by atoms with E-state index in [0.29, 0.717) is 5.56 Å². The van der Waals surface area contributed by atoms with Crippen molar-refractivity contribution in [3.63, 3.8) is 0 Å². The molecule has 112 valence electrons. The number of nitrogens with one attached hydrogen (secondary N) is 1. The van der Waals surface area contributed by atoms with Crippen LogP contribution < -0.4 is 10.5 Å². The van der Waals surface area contributed by atoms with E-state index in [9.17, 15) is 12.8 Å². The smallest absolute Gasteiger partial charge is 0.243 e. The van der Waals surface area contributed by atoms with Crippen molar-refractivity contribution < 1.29 is 12.8 Å². The number of hydrogen-bond donors (Lipinski definition) is 2. The van der Waals surface area contributed by atoms with Gasteiger partial charge in [0, 0.05) is 11.7 Å². The Balaban J connectivity index is 2.34. The highest BCUT2D eigenvalue weighted by atomic mass is 32.2. The van der Waals surface area contributed by atoms with Crippen molar-refractivity contribution in [2.24, 2.45) is 5.41 Å². The fraction of sp³-hybridized carbons (Fsp3) is 0.571.